The molecule has 110 valence electrons. The summed E-state index contributed by atoms with van der Waals surface area (Å²) in [4.78, 5) is 28.2. The lowest BCUT2D eigenvalue weighted by molar-refractivity contribution is -0.140. The number of hydrogen-bond donors (Lipinski definition) is 3. The van der Waals surface area contributed by atoms with Crippen LogP contribution in [0, 0.1) is 0 Å². The first kappa shape index (κ1) is 14.7. The van der Waals surface area contributed by atoms with Gasteiger partial charge in [-0.15, -0.1) is 0 Å². The minimum Gasteiger partial charge on any atom is -0.508 e. The van der Waals surface area contributed by atoms with Crippen LogP contribution in [0.15, 0.2) is 35.0 Å². The van der Waals surface area contributed by atoms with E-state index in [4.69, 9.17) is 10.8 Å². The van der Waals surface area contributed by atoms with Gasteiger partial charge in [-0.25, -0.2) is 4.99 Å². The number of amidine groups is 1. The van der Waals surface area contributed by atoms with Crippen LogP contribution in [0.25, 0.3) is 6.08 Å². The van der Waals surface area contributed by atoms with Gasteiger partial charge in [0.05, 0.1) is 6.04 Å². The number of carboxylic acid groups (broad SMARTS) is 1. The molecule has 7 nitrogen and oxygen atoms in total. The molecule has 0 saturated heterocycles. The second-order valence-corrected chi connectivity index (χ2v) is 4.66. The molecule has 21 heavy (non-hydrogen) atoms. The molecule has 1 amide bonds. The highest BCUT2D eigenvalue weighted by Crippen LogP contribution is 2.20. The quantitative estimate of drug-likeness (QED) is 0.694. The number of carbonyl (C=O) groups excluding carboxylic acids is 1. The van der Waals surface area contributed by atoms with Gasteiger partial charge in [0.25, 0.3) is 5.91 Å². The molecule has 0 saturated carbocycles. The smallest absolute Gasteiger partial charge is 0.323 e. The molecule has 4 N–H and O–H groups in total. The van der Waals surface area contributed by atoms with Crippen molar-refractivity contribution in [2.24, 2.45) is 10.7 Å². The molecule has 0 spiro atoms. The number of nitrogens with zero attached hydrogens (tertiary/aromatic N) is 2. The first-order chi connectivity index (χ1) is 9.88. The van der Waals surface area contributed by atoms with Crippen molar-refractivity contribution in [3.63, 3.8) is 0 Å². The minimum absolute atomic E-state index is 0.113. The van der Waals surface area contributed by atoms with Gasteiger partial charge in [0.15, 0.2) is 0 Å². The van der Waals surface area contributed by atoms with Gasteiger partial charge in [-0.2, -0.15) is 0 Å². The number of aromatic hydroxyl groups is 1. The average molecular weight is 289 g/mol. The third kappa shape index (κ3) is 3.26. The summed E-state index contributed by atoms with van der Waals surface area (Å²) in [6.45, 7) is 1.15. The fourth-order valence-corrected chi connectivity index (χ4v) is 1.93. The highest BCUT2D eigenvalue weighted by atomic mass is 16.4. The summed E-state index contributed by atoms with van der Waals surface area (Å²) in [5.41, 5.74) is 6.51. The molecule has 0 bridgehead atoms. The van der Waals surface area contributed by atoms with Crippen molar-refractivity contribution in [3.8, 4) is 5.75 Å². The first-order valence-electron chi connectivity index (χ1n) is 6.27. The van der Waals surface area contributed by atoms with E-state index < -0.39 is 24.5 Å². The fourth-order valence-electron chi connectivity index (χ4n) is 1.93. The third-order valence-electron chi connectivity index (χ3n) is 2.87. The van der Waals surface area contributed by atoms with Crippen LogP contribution in [0.2, 0.25) is 0 Å². The van der Waals surface area contributed by atoms with Crippen molar-refractivity contribution >= 4 is 23.8 Å². The number of amides is 1. The van der Waals surface area contributed by atoms with Gasteiger partial charge in [0.1, 0.15) is 23.8 Å². The van der Waals surface area contributed by atoms with E-state index in [0.717, 1.165) is 4.90 Å². The van der Waals surface area contributed by atoms with Crippen LogP contribution in [-0.4, -0.2) is 45.4 Å². The molecule has 0 aliphatic carbocycles. The van der Waals surface area contributed by atoms with E-state index in [9.17, 15) is 14.7 Å². The molecule has 1 heterocycles. The number of phenols is 1. The molecule has 0 aromatic heterocycles. The van der Waals surface area contributed by atoms with Crippen LogP contribution < -0.4 is 5.73 Å². The normalized spacial score (nSPS) is 18.0. The highest BCUT2D eigenvalue weighted by molar-refractivity contribution is 6.16. The zero-order valence-corrected chi connectivity index (χ0v) is 11.4. The molecule has 1 aromatic rings. The largest absolute Gasteiger partial charge is 0.508 e. The van der Waals surface area contributed by atoms with Crippen molar-refractivity contribution in [2.45, 2.75) is 13.0 Å². The number of phenolic OH excluding ortho intramolecular Hbond substituents is 1. The average Bonchev–Trinajstić information content (AvgIpc) is 2.70. The number of aliphatic imine (C=N–C) groups is 1. The Bertz CT molecular complexity index is 632. The number of benzene rings is 1. The number of carboxylic acids is 1. The molecular weight excluding hydrogens is 274 g/mol. The van der Waals surface area contributed by atoms with E-state index in [1.54, 1.807) is 19.1 Å². The SMILES string of the molecule is C[C@H](N)C1=N/C(=C\c2ccc(O)cc2)C(=O)N1CC(=O)O. The summed E-state index contributed by atoms with van der Waals surface area (Å²) in [5.74, 6) is -1.30. The van der Waals surface area contributed by atoms with Crippen molar-refractivity contribution < 1.29 is 19.8 Å². The van der Waals surface area contributed by atoms with Crippen LogP contribution >= 0.6 is 0 Å². The van der Waals surface area contributed by atoms with Crippen molar-refractivity contribution in [1.82, 2.24) is 4.90 Å². The molecular formula is C14H15N3O4. The zero-order valence-electron chi connectivity index (χ0n) is 11.4. The van der Waals surface area contributed by atoms with Gasteiger partial charge in [0, 0.05) is 0 Å². The van der Waals surface area contributed by atoms with Gasteiger partial charge >= 0.3 is 5.97 Å². The summed E-state index contributed by atoms with van der Waals surface area (Å²) in [7, 11) is 0. The summed E-state index contributed by atoms with van der Waals surface area (Å²) in [5, 5.41) is 18.1. The van der Waals surface area contributed by atoms with Crippen LogP contribution in [-0.2, 0) is 9.59 Å². The van der Waals surface area contributed by atoms with Crippen LogP contribution in [0.5, 0.6) is 5.75 Å². The monoisotopic (exact) mass is 289 g/mol. The van der Waals surface area contributed by atoms with E-state index in [1.165, 1.54) is 18.2 Å². The molecule has 1 atom stereocenters. The standard InChI is InChI=1S/C14H15N3O4/c1-8(15)13-16-11(14(21)17(13)7-12(19)20)6-9-2-4-10(18)5-3-9/h2-6,8,18H,7,15H2,1H3,(H,19,20)/b11-6-/t8-/m0/s1. The maximum Gasteiger partial charge on any atom is 0.323 e. The summed E-state index contributed by atoms with van der Waals surface area (Å²) in [6.07, 6.45) is 1.52. The van der Waals surface area contributed by atoms with Gasteiger partial charge in [-0.3, -0.25) is 14.5 Å². The lowest BCUT2D eigenvalue weighted by Crippen LogP contribution is -2.44. The minimum atomic E-state index is -1.14. The predicted molar refractivity (Wildman–Crippen MR) is 76.5 cm³/mol. The maximum absolute atomic E-state index is 12.2. The second kappa shape index (κ2) is 5.76. The van der Waals surface area contributed by atoms with E-state index in [1.807, 2.05) is 0 Å². The Labute approximate surface area is 121 Å². The molecule has 1 aliphatic rings. The summed E-state index contributed by atoms with van der Waals surface area (Å²) in [6, 6.07) is 5.65. The van der Waals surface area contributed by atoms with E-state index in [-0.39, 0.29) is 17.3 Å². The Hall–Kier alpha value is -2.67. The molecule has 2 rings (SSSR count). The van der Waals surface area contributed by atoms with Gasteiger partial charge in [0.2, 0.25) is 0 Å². The maximum atomic E-state index is 12.2. The molecule has 1 aliphatic heterocycles. The van der Waals surface area contributed by atoms with Crippen molar-refractivity contribution in [2.75, 3.05) is 6.54 Å². The van der Waals surface area contributed by atoms with Crippen LogP contribution in [0.1, 0.15) is 12.5 Å². The lowest BCUT2D eigenvalue weighted by Gasteiger charge is -2.17. The van der Waals surface area contributed by atoms with Crippen LogP contribution in [0.4, 0.5) is 0 Å². The summed E-state index contributed by atoms with van der Waals surface area (Å²) < 4.78 is 0. The Morgan fingerprint density at radius 2 is 2.05 bits per heavy atom. The number of nitrogens with two attached hydrogens (primary N) is 1. The number of aliphatic carboxylic acids is 1. The van der Waals surface area contributed by atoms with E-state index in [0.29, 0.717) is 5.56 Å². The van der Waals surface area contributed by atoms with Gasteiger partial charge < -0.3 is 15.9 Å². The Kier molecular flexibility index (Phi) is 4.04. The Morgan fingerprint density at radius 1 is 1.43 bits per heavy atom. The molecule has 7 heteroatoms. The highest BCUT2D eigenvalue weighted by Gasteiger charge is 2.33. The second-order valence-electron chi connectivity index (χ2n) is 4.66. The van der Waals surface area contributed by atoms with E-state index >= 15 is 0 Å². The molecule has 0 fully saturated rings. The van der Waals surface area contributed by atoms with Crippen LogP contribution in [0.3, 0.4) is 0 Å². The van der Waals surface area contributed by atoms with Gasteiger partial charge in [-0.1, -0.05) is 12.1 Å². The fraction of sp³-hybridized carbons (Fsp3) is 0.214. The zero-order chi connectivity index (χ0) is 15.6. The molecule has 0 unspecified atom stereocenters. The number of hydrogen-bond acceptors (Lipinski definition) is 5. The first-order valence-corrected chi connectivity index (χ1v) is 6.27. The topological polar surface area (TPSA) is 116 Å². The van der Waals surface area contributed by atoms with Crippen molar-refractivity contribution in [1.29, 1.82) is 0 Å². The third-order valence-corrected chi connectivity index (χ3v) is 2.87. The Balaban J connectivity index is 2.34. The Morgan fingerprint density at radius 3 is 2.57 bits per heavy atom. The van der Waals surface area contributed by atoms with E-state index in [2.05, 4.69) is 4.99 Å². The van der Waals surface area contributed by atoms with Gasteiger partial charge in [-0.05, 0) is 30.7 Å². The predicted octanol–water partition coefficient (Wildman–Crippen LogP) is 0.406. The molecule has 1 aromatic carbocycles. The summed E-state index contributed by atoms with van der Waals surface area (Å²) >= 11 is 0. The number of carbonyl (C=O) groups is 2. The molecule has 0 radical (unpaired) electrons. The number of rotatable bonds is 4. The lowest BCUT2D eigenvalue weighted by atomic mass is 10.2. The van der Waals surface area contributed by atoms with Crippen molar-refractivity contribution in [3.05, 3.63) is 35.5 Å².